The zero-order valence-electron chi connectivity index (χ0n) is 2.22. The number of halogens is 2. The van der Waals surface area contributed by atoms with Crippen molar-refractivity contribution in [3.05, 3.63) is 0 Å². The normalized spacial score (nSPS) is 5.20. The standard InChI is InChI=1S/CH2O.2ClH.Ru/c1-2;;;/h1H2;2*1H;/q;;;+2/p-2. The van der Waals surface area contributed by atoms with E-state index in [2.05, 4.69) is 0 Å². The van der Waals surface area contributed by atoms with Crippen LogP contribution in [0.1, 0.15) is 0 Å². The molecule has 0 aromatic carbocycles. The second-order valence-electron chi connectivity index (χ2n) is 0.0505. The predicted octanol–water partition coefficient (Wildman–Crippen LogP) is 1.19. The molecule has 34 valence electrons. The average molecular weight is 202 g/mol. The molecule has 0 aliphatic rings. The molecule has 0 saturated heterocycles. The van der Waals surface area contributed by atoms with Crippen molar-refractivity contribution >= 4 is 26.2 Å². The molecule has 0 amide bonds. The van der Waals surface area contributed by atoms with Crippen molar-refractivity contribution in [2.24, 2.45) is 0 Å². The van der Waals surface area contributed by atoms with E-state index >= 15 is 0 Å². The Bertz CT molecular complexity index is 13.6. The summed E-state index contributed by atoms with van der Waals surface area (Å²) < 4.78 is 0. The number of carbonyl (C=O) groups excluding carboxylic acids is 1. The van der Waals surface area contributed by atoms with Gasteiger partial charge in [0.05, 0.1) is 0 Å². The molecule has 5 heavy (non-hydrogen) atoms. The van der Waals surface area contributed by atoms with E-state index in [4.69, 9.17) is 24.2 Å². The van der Waals surface area contributed by atoms with E-state index in [9.17, 15) is 0 Å². The van der Waals surface area contributed by atoms with Gasteiger partial charge in [0.2, 0.25) is 0 Å². The van der Waals surface area contributed by atoms with Crippen molar-refractivity contribution in [1.82, 2.24) is 0 Å². The van der Waals surface area contributed by atoms with Crippen molar-refractivity contribution < 1.29 is 19.9 Å². The number of carbonyl (C=O) groups is 1. The molecule has 0 aromatic rings. The minimum atomic E-state index is -0.346. The van der Waals surface area contributed by atoms with Gasteiger partial charge in [-0.3, -0.25) is 0 Å². The molecular weight excluding hydrogens is 200 g/mol. The second-order valence-corrected chi connectivity index (χ2v) is 2.69. The molecule has 0 unspecified atom stereocenters. The van der Waals surface area contributed by atoms with Crippen LogP contribution in [0.15, 0.2) is 0 Å². The van der Waals surface area contributed by atoms with Crippen LogP contribution in [0.5, 0.6) is 0 Å². The summed E-state index contributed by atoms with van der Waals surface area (Å²) in [5.74, 6) is 0. The van der Waals surface area contributed by atoms with Crippen molar-refractivity contribution in [3.8, 4) is 0 Å². The minimum absolute atomic E-state index is 0.346. The summed E-state index contributed by atoms with van der Waals surface area (Å²) in [5, 5.41) is 0. The topological polar surface area (TPSA) is 17.1 Å². The van der Waals surface area contributed by atoms with Crippen LogP contribution in [0.25, 0.3) is 0 Å². The van der Waals surface area contributed by atoms with Crippen LogP contribution in [0, 0.1) is 0 Å². The Labute approximate surface area is 46.3 Å². The average Bonchev–Trinajstić information content (AvgIpc) is 1.46. The van der Waals surface area contributed by atoms with E-state index in [1.165, 1.54) is 0 Å². The van der Waals surface area contributed by atoms with E-state index < -0.39 is 0 Å². The van der Waals surface area contributed by atoms with Gasteiger partial charge in [-0.2, -0.15) is 0 Å². The molecule has 0 rings (SSSR count). The van der Waals surface area contributed by atoms with Gasteiger partial charge in [-0.1, -0.05) is 0 Å². The van der Waals surface area contributed by atoms with Gasteiger partial charge in [-0.15, -0.1) is 0 Å². The molecule has 0 radical (unpaired) electrons. The zero-order valence-corrected chi connectivity index (χ0v) is 5.47. The number of hydrogen-bond donors (Lipinski definition) is 0. The monoisotopic (exact) mass is 202 g/mol. The third kappa shape index (κ3) is 52.7. The molecular formula is CH2Cl2ORu. The Morgan fingerprint density at radius 1 is 1.40 bits per heavy atom. The summed E-state index contributed by atoms with van der Waals surface area (Å²) in [6, 6.07) is 0. The molecule has 1 nitrogen and oxygen atoms in total. The first-order chi connectivity index (χ1) is 2.41. The Kier molecular flexibility index (Phi) is 38.7. The van der Waals surface area contributed by atoms with E-state index in [-0.39, 0.29) is 15.1 Å². The van der Waals surface area contributed by atoms with Crippen LogP contribution in [-0.2, 0) is 19.9 Å². The fraction of sp³-hybridized carbons (Fsp3) is 0. The molecule has 0 atom stereocenters. The molecule has 0 bridgehead atoms. The van der Waals surface area contributed by atoms with Crippen molar-refractivity contribution in [3.63, 3.8) is 0 Å². The van der Waals surface area contributed by atoms with Crippen molar-refractivity contribution in [1.29, 1.82) is 0 Å². The summed E-state index contributed by atoms with van der Waals surface area (Å²) in [6.07, 6.45) is 0. The SMILES string of the molecule is C=O.[Cl][Ru][Cl]. The van der Waals surface area contributed by atoms with Gasteiger partial charge < -0.3 is 4.79 Å². The third-order valence-corrected chi connectivity index (χ3v) is 0. The molecule has 0 saturated carbocycles. The molecule has 0 aliphatic heterocycles. The van der Waals surface area contributed by atoms with Crippen LogP contribution < -0.4 is 0 Å². The zero-order chi connectivity index (χ0) is 4.71. The van der Waals surface area contributed by atoms with E-state index in [0.29, 0.717) is 0 Å². The number of rotatable bonds is 0. The van der Waals surface area contributed by atoms with Crippen molar-refractivity contribution in [2.45, 2.75) is 0 Å². The molecule has 0 fully saturated rings. The third-order valence-electron chi connectivity index (χ3n) is 0. The maximum absolute atomic E-state index is 8.00. The molecule has 0 N–H and O–H groups in total. The summed E-state index contributed by atoms with van der Waals surface area (Å²) in [7, 11) is 9.71. The molecule has 0 heterocycles. The van der Waals surface area contributed by atoms with E-state index in [0.717, 1.165) is 0 Å². The molecule has 0 spiro atoms. The van der Waals surface area contributed by atoms with Crippen LogP contribution in [0.3, 0.4) is 0 Å². The van der Waals surface area contributed by atoms with Crippen LogP contribution in [-0.4, -0.2) is 6.79 Å². The Morgan fingerprint density at radius 2 is 1.40 bits per heavy atom. The summed E-state index contributed by atoms with van der Waals surface area (Å²) in [6.45, 7) is 2.00. The van der Waals surface area contributed by atoms with E-state index in [1.54, 1.807) is 0 Å². The Balaban J connectivity index is 0. The fourth-order valence-electron chi connectivity index (χ4n) is 0. The first kappa shape index (κ1) is 9.30. The van der Waals surface area contributed by atoms with Crippen LogP contribution in [0.2, 0.25) is 0 Å². The quantitative estimate of drug-likeness (QED) is 0.539. The Morgan fingerprint density at radius 3 is 1.40 bits per heavy atom. The van der Waals surface area contributed by atoms with Crippen molar-refractivity contribution in [2.75, 3.05) is 0 Å². The number of hydrogen-bond acceptors (Lipinski definition) is 1. The summed E-state index contributed by atoms with van der Waals surface area (Å²) in [5.41, 5.74) is 0. The summed E-state index contributed by atoms with van der Waals surface area (Å²) >= 11 is -0.346. The van der Waals surface area contributed by atoms with E-state index in [1.807, 2.05) is 6.79 Å². The second kappa shape index (κ2) is 20.8. The van der Waals surface area contributed by atoms with Gasteiger partial charge in [0, 0.05) is 0 Å². The maximum atomic E-state index is 8.00. The first-order valence-corrected chi connectivity index (χ1v) is 5.03. The molecule has 4 heteroatoms. The van der Waals surface area contributed by atoms with Gasteiger partial charge in [0.15, 0.2) is 0 Å². The predicted molar refractivity (Wildman–Crippen MR) is 18.8 cm³/mol. The van der Waals surface area contributed by atoms with Crippen LogP contribution in [0.4, 0.5) is 0 Å². The first-order valence-electron chi connectivity index (χ1n) is 0.556. The van der Waals surface area contributed by atoms with Gasteiger partial charge in [-0.05, 0) is 0 Å². The molecule has 0 aromatic heterocycles. The van der Waals surface area contributed by atoms with Gasteiger partial charge >= 0.3 is 34.5 Å². The summed E-state index contributed by atoms with van der Waals surface area (Å²) in [4.78, 5) is 8.00. The molecule has 0 aliphatic carbocycles. The van der Waals surface area contributed by atoms with Gasteiger partial charge in [0.25, 0.3) is 0 Å². The Hall–Kier alpha value is 0.873. The van der Waals surface area contributed by atoms with Crippen LogP contribution >= 0.6 is 19.4 Å². The van der Waals surface area contributed by atoms with Gasteiger partial charge in [-0.25, -0.2) is 0 Å². The fourth-order valence-corrected chi connectivity index (χ4v) is 0. The van der Waals surface area contributed by atoms with Gasteiger partial charge in [0.1, 0.15) is 6.79 Å².